The highest BCUT2D eigenvalue weighted by Gasteiger charge is 2.30. The summed E-state index contributed by atoms with van der Waals surface area (Å²) in [5.74, 6) is 0.184. The second-order valence-corrected chi connectivity index (χ2v) is 9.71. The van der Waals surface area contributed by atoms with E-state index < -0.39 is 0 Å². The number of rotatable bonds is 4. The number of hydrogen-bond donors (Lipinski definition) is 1. The number of aromatic nitrogens is 1. The number of nitrogens with one attached hydrogen (secondary N) is 1. The summed E-state index contributed by atoms with van der Waals surface area (Å²) >= 11 is 2.90. The van der Waals surface area contributed by atoms with Crippen molar-refractivity contribution < 1.29 is 14.3 Å². The van der Waals surface area contributed by atoms with E-state index in [0.29, 0.717) is 22.2 Å². The number of nitrogens with zero attached hydrogens (tertiary/aromatic N) is 1. The zero-order valence-electron chi connectivity index (χ0n) is 15.5. The van der Waals surface area contributed by atoms with E-state index in [0.717, 1.165) is 17.7 Å². The first kappa shape index (κ1) is 19.0. The summed E-state index contributed by atoms with van der Waals surface area (Å²) in [6.45, 7) is 6.87. The summed E-state index contributed by atoms with van der Waals surface area (Å²) in [7, 11) is 1.35. The predicted molar refractivity (Wildman–Crippen MR) is 105 cm³/mol. The number of hydrogen-bond acceptors (Lipinski definition) is 6. The molecule has 1 aliphatic carbocycles. The quantitative estimate of drug-likeness (QED) is 0.787. The number of aryl methyl sites for hydroxylation is 1. The van der Waals surface area contributed by atoms with Crippen molar-refractivity contribution in [3.63, 3.8) is 0 Å². The first-order valence-corrected chi connectivity index (χ1v) is 10.4. The molecule has 0 saturated carbocycles. The Hall–Kier alpha value is -1.73. The molecule has 0 aliphatic heterocycles. The van der Waals surface area contributed by atoms with Crippen molar-refractivity contribution in [3.8, 4) is 0 Å². The fourth-order valence-electron chi connectivity index (χ4n) is 3.20. The molecule has 2 aromatic heterocycles. The Bertz CT molecular complexity index is 817. The molecule has 0 fully saturated rings. The summed E-state index contributed by atoms with van der Waals surface area (Å²) in [4.78, 5) is 30.2. The van der Waals surface area contributed by atoms with E-state index in [1.807, 2.05) is 6.07 Å². The zero-order chi connectivity index (χ0) is 18.9. The van der Waals surface area contributed by atoms with E-state index >= 15 is 0 Å². The number of thiophene rings is 1. The third-order valence-electron chi connectivity index (χ3n) is 4.86. The van der Waals surface area contributed by atoms with Crippen LogP contribution >= 0.6 is 22.7 Å². The van der Waals surface area contributed by atoms with Crippen LogP contribution in [-0.4, -0.2) is 24.0 Å². The van der Waals surface area contributed by atoms with Gasteiger partial charge in [-0.2, -0.15) is 0 Å². The number of thiazole rings is 1. The summed E-state index contributed by atoms with van der Waals surface area (Å²) in [6.07, 6.45) is 3.39. The summed E-state index contributed by atoms with van der Waals surface area (Å²) < 4.78 is 4.63. The number of carbonyl (C=O) groups is 2. The summed E-state index contributed by atoms with van der Waals surface area (Å²) in [5.41, 5.74) is 2.21. The van der Waals surface area contributed by atoms with Crippen molar-refractivity contribution in [3.05, 3.63) is 32.5 Å². The van der Waals surface area contributed by atoms with Crippen LogP contribution in [-0.2, 0) is 28.8 Å². The average molecular weight is 393 g/mol. The molecule has 0 saturated heterocycles. The summed E-state index contributed by atoms with van der Waals surface area (Å²) in [5, 5.41) is 5.12. The van der Waals surface area contributed by atoms with E-state index in [1.165, 1.54) is 35.3 Å². The van der Waals surface area contributed by atoms with Gasteiger partial charge >= 0.3 is 5.97 Å². The molecule has 3 rings (SSSR count). The van der Waals surface area contributed by atoms with Gasteiger partial charge in [0.25, 0.3) is 5.91 Å². The highest BCUT2D eigenvalue weighted by atomic mass is 32.1. The minimum atomic E-state index is -0.340. The average Bonchev–Trinajstić information content (AvgIpc) is 3.19. The number of ether oxygens (including phenoxy) is 1. The van der Waals surface area contributed by atoms with Gasteiger partial charge in [-0.15, -0.1) is 22.7 Å². The molecular weight excluding hydrogens is 368 g/mol. The van der Waals surface area contributed by atoms with Crippen LogP contribution in [0.5, 0.6) is 0 Å². The van der Waals surface area contributed by atoms with Crippen LogP contribution in [0.2, 0.25) is 0 Å². The summed E-state index contributed by atoms with van der Waals surface area (Å²) in [6, 6.07) is 2.04. The second kappa shape index (κ2) is 7.48. The van der Waals surface area contributed by atoms with Crippen molar-refractivity contribution >= 4 is 39.7 Å². The molecule has 0 bridgehead atoms. The first-order chi connectivity index (χ1) is 12.3. The van der Waals surface area contributed by atoms with Gasteiger partial charge in [-0.25, -0.2) is 4.98 Å². The standard InChI is InChI=1S/C19H24N2O3S2/c1-19(2,3)12-5-6-14-11(7-12)8-15(26-14)17(23)21-18-20-13(10-25-18)9-16(22)24-4/h8,10,12H,5-7,9H2,1-4H3,(H,20,21,23). The smallest absolute Gasteiger partial charge is 0.311 e. The molecule has 1 aliphatic rings. The van der Waals surface area contributed by atoms with Gasteiger partial charge < -0.3 is 4.74 Å². The van der Waals surface area contributed by atoms with Crippen molar-refractivity contribution in [2.75, 3.05) is 12.4 Å². The number of esters is 1. The Kier molecular flexibility index (Phi) is 5.48. The lowest BCUT2D eigenvalue weighted by Crippen LogP contribution is -2.26. The van der Waals surface area contributed by atoms with Gasteiger partial charge in [0.15, 0.2) is 5.13 Å². The lowest BCUT2D eigenvalue weighted by molar-refractivity contribution is -0.139. The number of carbonyl (C=O) groups excluding carboxylic acids is 2. The van der Waals surface area contributed by atoms with E-state index in [1.54, 1.807) is 16.7 Å². The van der Waals surface area contributed by atoms with Crippen LogP contribution in [0, 0.1) is 11.3 Å². The number of fused-ring (bicyclic) bond motifs is 1. The van der Waals surface area contributed by atoms with Crippen molar-refractivity contribution in [1.29, 1.82) is 0 Å². The van der Waals surface area contributed by atoms with E-state index in [2.05, 4.69) is 35.8 Å². The van der Waals surface area contributed by atoms with Crippen LogP contribution < -0.4 is 5.32 Å². The van der Waals surface area contributed by atoms with Crippen LogP contribution in [0.1, 0.15) is 53.0 Å². The SMILES string of the molecule is COC(=O)Cc1csc(NC(=O)c2cc3c(s2)CCC(C(C)(C)C)C3)n1. The minimum Gasteiger partial charge on any atom is -0.469 e. The molecule has 1 atom stereocenters. The van der Waals surface area contributed by atoms with Crippen LogP contribution in [0.25, 0.3) is 0 Å². The molecule has 7 heteroatoms. The Balaban J connectivity index is 1.67. The highest BCUT2D eigenvalue weighted by molar-refractivity contribution is 7.15. The normalized spacial score (nSPS) is 16.8. The topological polar surface area (TPSA) is 68.3 Å². The first-order valence-electron chi connectivity index (χ1n) is 8.70. The molecular formula is C19H24N2O3S2. The maximum Gasteiger partial charge on any atom is 0.311 e. The molecule has 1 amide bonds. The Labute approximate surface area is 161 Å². The van der Waals surface area contributed by atoms with E-state index in [9.17, 15) is 9.59 Å². The van der Waals surface area contributed by atoms with Crippen molar-refractivity contribution in [1.82, 2.24) is 4.98 Å². The number of amides is 1. The van der Waals surface area contributed by atoms with Gasteiger partial charge in [0.2, 0.25) is 0 Å². The fraction of sp³-hybridized carbons (Fsp3) is 0.526. The number of methoxy groups -OCH3 is 1. The maximum atomic E-state index is 12.6. The van der Waals surface area contributed by atoms with Crippen molar-refractivity contribution in [2.45, 2.75) is 46.5 Å². The third kappa shape index (κ3) is 4.32. The third-order valence-corrected chi connectivity index (χ3v) is 6.90. The van der Waals surface area contributed by atoms with Crippen LogP contribution in [0.3, 0.4) is 0 Å². The van der Waals surface area contributed by atoms with Gasteiger partial charge in [0.1, 0.15) is 0 Å². The Morgan fingerprint density at radius 1 is 1.38 bits per heavy atom. The van der Waals surface area contributed by atoms with Gasteiger partial charge in [-0.1, -0.05) is 20.8 Å². The zero-order valence-corrected chi connectivity index (χ0v) is 17.2. The Morgan fingerprint density at radius 3 is 2.85 bits per heavy atom. The molecule has 2 aromatic rings. The van der Waals surface area contributed by atoms with Crippen molar-refractivity contribution in [2.24, 2.45) is 11.3 Å². The highest BCUT2D eigenvalue weighted by Crippen LogP contribution is 2.40. The Morgan fingerprint density at radius 2 is 2.15 bits per heavy atom. The van der Waals surface area contributed by atoms with Gasteiger partial charge in [-0.05, 0) is 42.2 Å². The molecule has 0 aromatic carbocycles. The minimum absolute atomic E-state index is 0.115. The number of anilines is 1. The van der Waals surface area contributed by atoms with Crippen LogP contribution in [0.15, 0.2) is 11.4 Å². The fourth-order valence-corrected chi connectivity index (χ4v) is 5.01. The molecule has 0 spiro atoms. The van der Waals surface area contributed by atoms with E-state index in [4.69, 9.17) is 0 Å². The lowest BCUT2D eigenvalue weighted by atomic mass is 9.72. The molecule has 1 unspecified atom stereocenters. The van der Waals surface area contributed by atoms with E-state index in [-0.39, 0.29) is 18.3 Å². The molecule has 5 nitrogen and oxygen atoms in total. The van der Waals surface area contributed by atoms with Crippen LogP contribution in [0.4, 0.5) is 5.13 Å². The molecule has 1 N–H and O–H groups in total. The maximum absolute atomic E-state index is 12.6. The largest absolute Gasteiger partial charge is 0.469 e. The molecule has 26 heavy (non-hydrogen) atoms. The van der Waals surface area contributed by atoms with Gasteiger partial charge in [0.05, 0.1) is 24.1 Å². The van der Waals surface area contributed by atoms with Gasteiger partial charge in [-0.3, -0.25) is 14.9 Å². The second-order valence-electron chi connectivity index (χ2n) is 7.72. The predicted octanol–water partition coefficient (Wildman–Crippen LogP) is 4.32. The monoisotopic (exact) mass is 392 g/mol. The molecule has 2 heterocycles. The van der Waals surface area contributed by atoms with Gasteiger partial charge in [0, 0.05) is 10.3 Å². The lowest BCUT2D eigenvalue weighted by Gasteiger charge is -2.33. The molecule has 0 radical (unpaired) electrons. The molecule has 140 valence electrons.